The largest absolute Gasteiger partial charge is 0.339 e. The summed E-state index contributed by atoms with van der Waals surface area (Å²) < 4.78 is 26.2. The number of nitrogens with one attached hydrogen (secondary N) is 1. The molecule has 2 atom stereocenters. The van der Waals surface area contributed by atoms with Crippen molar-refractivity contribution in [3.8, 4) is 0 Å². The lowest BCUT2D eigenvalue weighted by Gasteiger charge is -2.33. The van der Waals surface area contributed by atoms with E-state index in [2.05, 4.69) is 10.4 Å². The number of rotatable bonds is 6. The second kappa shape index (κ2) is 7.41. The quantitative estimate of drug-likeness (QED) is 0.754. The molecule has 1 aliphatic heterocycles. The summed E-state index contributed by atoms with van der Waals surface area (Å²) in [7, 11) is -3.17. The molecule has 1 aromatic heterocycles. The van der Waals surface area contributed by atoms with E-state index in [9.17, 15) is 13.2 Å². The van der Waals surface area contributed by atoms with Crippen LogP contribution in [0.4, 0.5) is 0 Å². The Kier molecular flexibility index (Phi) is 5.77. The molecule has 0 bridgehead atoms. The fourth-order valence-corrected chi connectivity index (χ4v) is 3.38. The second-order valence-corrected chi connectivity index (χ2v) is 7.92. The maximum absolute atomic E-state index is 12.2. The molecule has 1 saturated heterocycles. The molecule has 0 aliphatic carbocycles. The Morgan fingerprint density at radius 1 is 1.26 bits per heavy atom. The van der Waals surface area contributed by atoms with Gasteiger partial charge in [-0.05, 0) is 19.9 Å². The van der Waals surface area contributed by atoms with Crippen molar-refractivity contribution in [1.29, 1.82) is 0 Å². The summed E-state index contributed by atoms with van der Waals surface area (Å²) >= 11 is 0. The van der Waals surface area contributed by atoms with Gasteiger partial charge in [-0.1, -0.05) is 0 Å². The summed E-state index contributed by atoms with van der Waals surface area (Å²) in [5, 5.41) is 7.43. The molecule has 2 heterocycles. The lowest BCUT2D eigenvalue weighted by atomic mass is 10.2. The van der Waals surface area contributed by atoms with Gasteiger partial charge in [0.05, 0.1) is 18.8 Å². The highest BCUT2D eigenvalue weighted by Crippen LogP contribution is 2.09. The van der Waals surface area contributed by atoms with E-state index in [4.69, 9.17) is 0 Å². The standard InChI is InChI=1S/C14H25N5O3S/c1-12(13(2)19-6-4-5-16-19)15-11-14(20)17-7-9-18(10-8-17)23(3,21)22/h4-6,12-13,15H,7-11H2,1-3H3. The predicted molar refractivity (Wildman–Crippen MR) is 87.4 cm³/mol. The number of nitrogens with zero attached hydrogens (tertiary/aromatic N) is 4. The van der Waals surface area contributed by atoms with E-state index in [-0.39, 0.29) is 24.5 Å². The van der Waals surface area contributed by atoms with Gasteiger partial charge in [0.15, 0.2) is 0 Å². The Morgan fingerprint density at radius 3 is 2.43 bits per heavy atom. The highest BCUT2D eigenvalue weighted by atomic mass is 32.2. The van der Waals surface area contributed by atoms with Crippen LogP contribution in [-0.4, -0.2) is 78.3 Å². The average Bonchev–Trinajstić information content (AvgIpc) is 3.05. The summed E-state index contributed by atoms with van der Waals surface area (Å²) in [5.41, 5.74) is 0. The van der Waals surface area contributed by atoms with Crippen molar-refractivity contribution in [2.45, 2.75) is 25.9 Å². The van der Waals surface area contributed by atoms with Crippen LogP contribution in [0.5, 0.6) is 0 Å². The van der Waals surface area contributed by atoms with Crippen molar-refractivity contribution in [3.05, 3.63) is 18.5 Å². The highest BCUT2D eigenvalue weighted by Gasteiger charge is 2.26. The summed E-state index contributed by atoms with van der Waals surface area (Å²) in [5.74, 6) is -0.00216. The Morgan fingerprint density at radius 2 is 1.91 bits per heavy atom. The van der Waals surface area contributed by atoms with Gasteiger partial charge in [0.1, 0.15) is 0 Å². The first-order valence-electron chi connectivity index (χ1n) is 7.74. The molecule has 0 saturated carbocycles. The van der Waals surface area contributed by atoms with Crippen molar-refractivity contribution in [1.82, 2.24) is 24.3 Å². The van der Waals surface area contributed by atoms with E-state index in [0.717, 1.165) is 0 Å². The van der Waals surface area contributed by atoms with Crippen LogP contribution in [0, 0.1) is 0 Å². The van der Waals surface area contributed by atoms with Crippen LogP contribution in [-0.2, 0) is 14.8 Å². The number of amides is 1. The lowest BCUT2D eigenvalue weighted by molar-refractivity contribution is -0.131. The summed E-state index contributed by atoms with van der Waals surface area (Å²) in [6, 6.07) is 2.10. The van der Waals surface area contributed by atoms with Crippen LogP contribution in [0.1, 0.15) is 19.9 Å². The van der Waals surface area contributed by atoms with Gasteiger partial charge in [0.25, 0.3) is 0 Å². The third kappa shape index (κ3) is 4.76. The molecule has 1 fully saturated rings. The number of sulfonamides is 1. The average molecular weight is 343 g/mol. The number of carbonyl (C=O) groups excluding carboxylic acids is 1. The van der Waals surface area contributed by atoms with Crippen LogP contribution in [0.15, 0.2) is 18.5 Å². The summed E-state index contributed by atoms with van der Waals surface area (Å²) in [4.78, 5) is 13.9. The van der Waals surface area contributed by atoms with E-state index in [1.165, 1.54) is 10.6 Å². The van der Waals surface area contributed by atoms with E-state index in [0.29, 0.717) is 26.2 Å². The molecule has 130 valence electrons. The second-order valence-electron chi connectivity index (χ2n) is 5.94. The molecule has 9 heteroatoms. The number of aromatic nitrogens is 2. The molecule has 1 amide bonds. The SMILES string of the molecule is CC(NCC(=O)N1CCN(S(C)(=O)=O)CC1)C(C)n1cccn1. The molecule has 0 spiro atoms. The molecule has 2 rings (SSSR count). The third-order valence-electron chi connectivity index (χ3n) is 4.30. The highest BCUT2D eigenvalue weighted by molar-refractivity contribution is 7.88. The molecule has 23 heavy (non-hydrogen) atoms. The zero-order valence-electron chi connectivity index (χ0n) is 13.8. The maximum Gasteiger partial charge on any atom is 0.236 e. The minimum Gasteiger partial charge on any atom is -0.339 e. The van der Waals surface area contributed by atoms with Crippen LogP contribution >= 0.6 is 0 Å². The first-order chi connectivity index (χ1) is 10.8. The maximum atomic E-state index is 12.2. The molecule has 8 nitrogen and oxygen atoms in total. The molecule has 2 unspecified atom stereocenters. The summed E-state index contributed by atoms with van der Waals surface area (Å²) in [6.45, 7) is 5.91. The van der Waals surface area contributed by atoms with Gasteiger partial charge in [-0.3, -0.25) is 9.48 Å². The molecule has 0 radical (unpaired) electrons. The monoisotopic (exact) mass is 343 g/mol. The van der Waals surface area contributed by atoms with Gasteiger partial charge in [-0.25, -0.2) is 8.42 Å². The minimum absolute atomic E-state index is 0.00216. The number of hydrogen-bond donors (Lipinski definition) is 1. The first kappa shape index (κ1) is 17.9. The minimum atomic E-state index is -3.17. The fourth-order valence-electron chi connectivity index (χ4n) is 2.55. The lowest BCUT2D eigenvalue weighted by Crippen LogP contribution is -2.52. The van der Waals surface area contributed by atoms with Crippen LogP contribution in [0.2, 0.25) is 0 Å². The Bertz CT molecular complexity index is 608. The molecular formula is C14H25N5O3S. The summed E-state index contributed by atoms with van der Waals surface area (Å²) in [6.07, 6.45) is 4.83. The Hall–Kier alpha value is -1.45. The van der Waals surface area contributed by atoms with Gasteiger partial charge >= 0.3 is 0 Å². The third-order valence-corrected chi connectivity index (χ3v) is 5.60. The van der Waals surface area contributed by atoms with Gasteiger partial charge in [0.2, 0.25) is 15.9 Å². The normalized spacial score (nSPS) is 19.5. The van der Waals surface area contributed by atoms with E-state index in [1.807, 2.05) is 30.8 Å². The molecule has 1 aromatic rings. The van der Waals surface area contributed by atoms with Gasteiger partial charge in [-0.15, -0.1) is 0 Å². The zero-order chi connectivity index (χ0) is 17.0. The van der Waals surface area contributed by atoms with Gasteiger partial charge < -0.3 is 10.2 Å². The van der Waals surface area contributed by atoms with Crippen molar-refractivity contribution >= 4 is 15.9 Å². The van der Waals surface area contributed by atoms with Crippen molar-refractivity contribution in [2.24, 2.45) is 0 Å². The molecule has 1 aliphatic rings. The van der Waals surface area contributed by atoms with Gasteiger partial charge in [-0.2, -0.15) is 9.40 Å². The molecular weight excluding hydrogens is 318 g/mol. The number of hydrogen-bond acceptors (Lipinski definition) is 5. The van der Waals surface area contributed by atoms with E-state index < -0.39 is 10.0 Å². The first-order valence-corrected chi connectivity index (χ1v) is 9.59. The molecule has 1 N–H and O–H groups in total. The fraction of sp³-hybridized carbons (Fsp3) is 0.714. The number of carbonyl (C=O) groups is 1. The smallest absolute Gasteiger partial charge is 0.236 e. The van der Waals surface area contributed by atoms with Crippen LogP contribution in [0.25, 0.3) is 0 Å². The van der Waals surface area contributed by atoms with E-state index >= 15 is 0 Å². The van der Waals surface area contributed by atoms with Crippen molar-refractivity contribution in [3.63, 3.8) is 0 Å². The Balaban J connectivity index is 1.77. The number of piperazine rings is 1. The van der Waals surface area contributed by atoms with Gasteiger partial charge in [0, 0.05) is 44.6 Å². The van der Waals surface area contributed by atoms with E-state index in [1.54, 1.807) is 11.1 Å². The van der Waals surface area contributed by atoms with Crippen molar-refractivity contribution < 1.29 is 13.2 Å². The Labute approximate surface area is 137 Å². The zero-order valence-corrected chi connectivity index (χ0v) is 14.7. The topological polar surface area (TPSA) is 87.5 Å². The van der Waals surface area contributed by atoms with Crippen LogP contribution < -0.4 is 5.32 Å². The molecule has 0 aromatic carbocycles. The predicted octanol–water partition coefficient (Wildman–Crippen LogP) is -0.474. The van der Waals surface area contributed by atoms with Crippen molar-refractivity contribution in [2.75, 3.05) is 39.0 Å². The van der Waals surface area contributed by atoms with Crippen LogP contribution in [0.3, 0.4) is 0 Å².